The lowest BCUT2D eigenvalue weighted by Crippen LogP contribution is -2.37. The summed E-state index contributed by atoms with van der Waals surface area (Å²) in [5, 5.41) is 5.76. The third-order valence-corrected chi connectivity index (χ3v) is 4.15. The predicted molar refractivity (Wildman–Crippen MR) is 106 cm³/mol. The Morgan fingerprint density at radius 1 is 1.04 bits per heavy atom. The number of nitrogens with one attached hydrogen (secondary N) is 2. The van der Waals surface area contributed by atoms with E-state index >= 15 is 0 Å². The van der Waals surface area contributed by atoms with E-state index in [4.69, 9.17) is 14.2 Å². The van der Waals surface area contributed by atoms with Crippen LogP contribution < -0.4 is 24.8 Å². The summed E-state index contributed by atoms with van der Waals surface area (Å²) in [6.07, 6.45) is 0.728. The Labute approximate surface area is 160 Å². The molecule has 1 atom stereocenters. The molecule has 6 nitrogen and oxygen atoms in total. The number of benzene rings is 2. The molecular formula is C21H28N2O4. The lowest BCUT2D eigenvalue weighted by Gasteiger charge is -2.17. The van der Waals surface area contributed by atoms with E-state index in [0.29, 0.717) is 24.7 Å². The number of hydrogen-bond donors (Lipinski definition) is 2. The molecule has 0 aromatic heterocycles. The summed E-state index contributed by atoms with van der Waals surface area (Å²) in [7, 11) is 3.18. The van der Waals surface area contributed by atoms with Crippen molar-refractivity contribution in [3.63, 3.8) is 0 Å². The molecule has 0 saturated carbocycles. The Bertz CT molecular complexity index is 731. The largest absolute Gasteiger partial charge is 0.494 e. The molecule has 1 unspecified atom stereocenters. The first kappa shape index (κ1) is 20.4. The Hall–Kier alpha value is -2.89. The van der Waals surface area contributed by atoms with Gasteiger partial charge < -0.3 is 24.8 Å². The Balaban J connectivity index is 1.71. The van der Waals surface area contributed by atoms with E-state index in [1.165, 1.54) is 5.56 Å². The van der Waals surface area contributed by atoms with Gasteiger partial charge in [0.2, 0.25) is 0 Å². The lowest BCUT2D eigenvalue weighted by atomic mass is 10.1. The first-order valence-electron chi connectivity index (χ1n) is 8.99. The zero-order valence-corrected chi connectivity index (χ0v) is 16.4. The molecule has 0 saturated heterocycles. The Morgan fingerprint density at radius 2 is 1.74 bits per heavy atom. The summed E-state index contributed by atoms with van der Waals surface area (Å²) in [6, 6.07) is 13.1. The summed E-state index contributed by atoms with van der Waals surface area (Å²) in [6.45, 7) is 5.04. The first-order valence-corrected chi connectivity index (χ1v) is 8.99. The first-order chi connectivity index (χ1) is 13.0. The second-order valence-electron chi connectivity index (χ2n) is 6.25. The van der Waals surface area contributed by atoms with Crippen molar-refractivity contribution in [1.82, 2.24) is 10.6 Å². The van der Waals surface area contributed by atoms with Crippen LogP contribution in [0.25, 0.3) is 0 Å². The monoisotopic (exact) mass is 372 g/mol. The highest BCUT2D eigenvalue weighted by Gasteiger charge is 2.12. The number of amides is 2. The number of methoxy groups -OCH3 is 2. The van der Waals surface area contributed by atoms with Gasteiger partial charge in [-0.05, 0) is 50.1 Å². The quantitative estimate of drug-likeness (QED) is 0.656. The maximum absolute atomic E-state index is 12.1. The molecule has 2 amide bonds. The summed E-state index contributed by atoms with van der Waals surface area (Å²) in [5.74, 6) is 2.14. The fourth-order valence-corrected chi connectivity index (χ4v) is 2.55. The standard InChI is InChI=1S/C21H28N2O4/c1-15-6-9-18(10-7-15)27-13-5-12-22-21(24)23-16(2)17-8-11-19(25-3)20(14-17)26-4/h6-11,14,16H,5,12-13H2,1-4H3,(H2,22,23,24). The topological polar surface area (TPSA) is 68.8 Å². The zero-order valence-electron chi connectivity index (χ0n) is 16.4. The van der Waals surface area contributed by atoms with Gasteiger partial charge in [-0.3, -0.25) is 0 Å². The van der Waals surface area contributed by atoms with Crippen molar-refractivity contribution in [2.24, 2.45) is 0 Å². The number of ether oxygens (including phenoxy) is 3. The van der Waals surface area contributed by atoms with E-state index in [1.54, 1.807) is 14.2 Å². The molecule has 0 aliphatic carbocycles. The van der Waals surface area contributed by atoms with Gasteiger partial charge in [0, 0.05) is 6.54 Å². The minimum atomic E-state index is -0.215. The number of aryl methyl sites for hydroxylation is 1. The van der Waals surface area contributed by atoms with Crippen LogP contribution in [-0.2, 0) is 0 Å². The minimum Gasteiger partial charge on any atom is -0.494 e. The van der Waals surface area contributed by atoms with Gasteiger partial charge in [0.25, 0.3) is 0 Å². The molecule has 0 radical (unpaired) electrons. The molecule has 146 valence electrons. The second-order valence-corrected chi connectivity index (χ2v) is 6.25. The van der Waals surface area contributed by atoms with Crippen LogP contribution in [0.3, 0.4) is 0 Å². The molecule has 27 heavy (non-hydrogen) atoms. The van der Waals surface area contributed by atoms with E-state index in [0.717, 1.165) is 17.7 Å². The Morgan fingerprint density at radius 3 is 2.41 bits per heavy atom. The molecule has 0 aliphatic rings. The molecule has 2 rings (SSSR count). The maximum atomic E-state index is 12.1. The van der Waals surface area contributed by atoms with Crippen molar-refractivity contribution in [3.05, 3.63) is 53.6 Å². The van der Waals surface area contributed by atoms with Gasteiger partial charge in [-0.1, -0.05) is 23.8 Å². The SMILES string of the molecule is COc1ccc(C(C)NC(=O)NCCCOc2ccc(C)cc2)cc1OC. The number of carbonyl (C=O) groups is 1. The van der Waals surface area contributed by atoms with Crippen LogP contribution in [0.15, 0.2) is 42.5 Å². The average Bonchev–Trinajstić information content (AvgIpc) is 2.68. The number of hydrogen-bond acceptors (Lipinski definition) is 4. The fraction of sp³-hybridized carbons (Fsp3) is 0.381. The van der Waals surface area contributed by atoms with Gasteiger partial charge >= 0.3 is 6.03 Å². The van der Waals surface area contributed by atoms with E-state index in [2.05, 4.69) is 10.6 Å². The summed E-state index contributed by atoms with van der Waals surface area (Å²) in [4.78, 5) is 12.1. The summed E-state index contributed by atoms with van der Waals surface area (Å²) >= 11 is 0. The van der Waals surface area contributed by atoms with Crippen LogP contribution in [0.5, 0.6) is 17.2 Å². The van der Waals surface area contributed by atoms with Crippen molar-refractivity contribution < 1.29 is 19.0 Å². The van der Waals surface area contributed by atoms with Crippen LogP contribution in [0, 0.1) is 6.92 Å². The van der Waals surface area contributed by atoms with Crippen LogP contribution in [0.1, 0.15) is 30.5 Å². The van der Waals surface area contributed by atoms with Crippen LogP contribution >= 0.6 is 0 Å². The lowest BCUT2D eigenvalue weighted by molar-refractivity contribution is 0.236. The van der Waals surface area contributed by atoms with Gasteiger partial charge in [-0.2, -0.15) is 0 Å². The van der Waals surface area contributed by atoms with Crippen molar-refractivity contribution in [2.75, 3.05) is 27.4 Å². The van der Waals surface area contributed by atoms with Gasteiger partial charge in [0.1, 0.15) is 5.75 Å². The van der Waals surface area contributed by atoms with E-state index in [1.807, 2.05) is 56.3 Å². The zero-order chi connectivity index (χ0) is 19.6. The molecule has 0 fully saturated rings. The smallest absolute Gasteiger partial charge is 0.315 e. The van der Waals surface area contributed by atoms with Crippen molar-refractivity contribution in [1.29, 1.82) is 0 Å². The molecule has 0 aliphatic heterocycles. The third kappa shape index (κ3) is 6.40. The molecule has 6 heteroatoms. The number of urea groups is 1. The molecule has 0 spiro atoms. The van der Waals surface area contributed by atoms with Crippen LogP contribution in [-0.4, -0.2) is 33.4 Å². The highest BCUT2D eigenvalue weighted by molar-refractivity contribution is 5.74. The second kappa shape index (κ2) is 10.3. The summed E-state index contributed by atoms with van der Waals surface area (Å²) < 4.78 is 16.2. The summed E-state index contributed by atoms with van der Waals surface area (Å²) in [5.41, 5.74) is 2.13. The highest BCUT2D eigenvalue weighted by atomic mass is 16.5. The maximum Gasteiger partial charge on any atom is 0.315 e. The van der Waals surface area contributed by atoms with Crippen LogP contribution in [0.4, 0.5) is 4.79 Å². The Kier molecular flexibility index (Phi) is 7.79. The van der Waals surface area contributed by atoms with E-state index in [-0.39, 0.29) is 12.1 Å². The molecule has 0 heterocycles. The van der Waals surface area contributed by atoms with Gasteiger partial charge in [0.05, 0.1) is 26.9 Å². The average molecular weight is 372 g/mol. The molecule has 2 N–H and O–H groups in total. The third-order valence-electron chi connectivity index (χ3n) is 4.15. The van der Waals surface area contributed by atoms with Crippen molar-refractivity contribution in [2.45, 2.75) is 26.3 Å². The van der Waals surface area contributed by atoms with Crippen molar-refractivity contribution >= 4 is 6.03 Å². The van der Waals surface area contributed by atoms with E-state index in [9.17, 15) is 4.79 Å². The molecule has 2 aromatic carbocycles. The highest BCUT2D eigenvalue weighted by Crippen LogP contribution is 2.29. The minimum absolute atomic E-state index is 0.159. The molecule has 2 aromatic rings. The van der Waals surface area contributed by atoms with Crippen molar-refractivity contribution in [3.8, 4) is 17.2 Å². The number of carbonyl (C=O) groups excluding carboxylic acids is 1. The van der Waals surface area contributed by atoms with Crippen LogP contribution in [0.2, 0.25) is 0 Å². The molecule has 0 bridgehead atoms. The normalized spacial score (nSPS) is 11.4. The van der Waals surface area contributed by atoms with Gasteiger partial charge in [-0.15, -0.1) is 0 Å². The van der Waals surface area contributed by atoms with E-state index < -0.39 is 0 Å². The molecular weight excluding hydrogens is 344 g/mol. The number of rotatable bonds is 9. The fourth-order valence-electron chi connectivity index (χ4n) is 2.55. The predicted octanol–water partition coefficient (Wildman–Crippen LogP) is 3.84. The van der Waals surface area contributed by atoms with Gasteiger partial charge in [0.15, 0.2) is 11.5 Å². The van der Waals surface area contributed by atoms with Gasteiger partial charge in [-0.25, -0.2) is 4.79 Å².